The van der Waals surface area contributed by atoms with Gasteiger partial charge >= 0.3 is 0 Å². The van der Waals surface area contributed by atoms with E-state index in [0.717, 1.165) is 42.5 Å². The highest BCUT2D eigenvalue weighted by Gasteiger charge is 2.26. The summed E-state index contributed by atoms with van der Waals surface area (Å²) in [7, 11) is 0. The van der Waals surface area contributed by atoms with Crippen LogP contribution in [0.25, 0.3) is 0 Å². The maximum absolute atomic E-state index is 12.7. The molecule has 0 saturated carbocycles. The molecular weight excluding hydrogens is 320 g/mol. The first-order chi connectivity index (χ1) is 12.1. The van der Waals surface area contributed by atoms with Gasteiger partial charge in [0.25, 0.3) is 11.1 Å². The SMILES string of the molecule is O=C(Cn1[nH]c(=O)ccc1=O)N1CCCC[C@H]1CCc1ccccn1. The monoisotopic (exact) mass is 342 g/mol. The minimum atomic E-state index is -0.391. The predicted molar refractivity (Wildman–Crippen MR) is 93.2 cm³/mol. The molecule has 1 fully saturated rings. The standard InChI is InChI=1S/C18H22N4O3/c23-16-9-10-17(24)22(20-16)13-18(25)21-12-4-2-6-15(21)8-7-14-5-1-3-11-19-14/h1,3,5,9-11,15H,2,4,6-8,12-13H2,(H,20,23)/t15-/m0/s1. The minimum Gasteiger partial charge on any atom is -0.338 e. The van der Waals surface area contributed by atoms with Crippen molar-refractivity contribution in [3.8, 4) is 0 Å². The Hall–Kier alpha value is -2.70. The molecule has 0 radical (unpaired) electrons. The van der Waals surface area contributed by atoms with Crippen LogP contribution in [0, 0.1) is 0 Å². The van der Waals surface area contributed by atoms with Gasteiger partial charge in [-0.05, 0) is 44.2 Å². The van der Waals surface area contributed by atoms with E-state index in [1.54, 1.807) is 6.20 Å². The summed E-state index contributed by atoms with van der Waals surface area (Å²) in [5.74, 6) is -0.130. The second-order valence-electron chi connectivity index (χ2n) is 6.33. The van der Waals surface area contributed by atoms with E-state index < -0.39 is 5.56 Å². The van der Waals surface area contributed by atoms with Gasteiger partial charge in [0.05, 0.1) is 0 Å². The fraction of sp³-hybridized carbons (Fsp3) is 0.444. The Morgan fingerprint density at radius 3 is 2.88 bits per heavy atom. The third-order valence-corrected chi connectivity index (χ3v) is 4.59. The number of aryl methyl sites for hydroxylation is 1. The number of H-pyrrole nitrogens is 1. The van der Waals surface area contributed by atoms with Gasteiger partial charge in [-0.15, -0.1) is 0 Å². The zero-order valence-corrected chi connectivity index (χ0v) is 14.1. The van der Waals surface area contributed by atoms with Gasteiger partial charge in [-0.2, -0.15) is 0 Å². The molecule has 0 unspecified atom stereocenters. The number of likely N-dealkylation sites (tertiary alicyclic amines) is 1. The van der Waals surface area contributed by atoms with Crippen LogP contribution in [0.5, 0.6) is 0 Å². The summed E-state index contributed by atoms with van der Waals surface area (Å²) in [6.45, 7) is 0.562. The number of carbonyl (C=O) groups excluding carboxylic acids is 1. The lowest BCUT2D eigenvalue weighted by atomic mass is 9.97. The third kappa shape index (κ3) is 4.43. The van der Waals surface area contributed by atoms with Crippen LogP contribution in [-0.2, 0) is 17.8 Å². The molecule has 3 heterocycles. The first-order valence-corrected chi connectivity index (χ1v) is 8.63. The van der Waals surface area contributed by atoms with E-state index in [9.17, 15) is 14.4 Å². The number of nitrogens with zero attached hydrogens (tertiary/aromatic N) is 3. The second kappa shape index (κ2) is 7.92. The van der Waals surface area contributed by atoms with E-state index in [1.165, 1.54) is 12.1 Å². The molecule has 0 bridgehead atoms. The van der Waals surface area contributed by atoms with Crippen molar-refractivity contribution in [2.75, 3.05) is 6.54 Å². The molecule has 25 heavy (non-hydrogen) atoms. The number of pyridine rings is 1. The second-order valence-corrected chi connectivity index (χ2v) is 6.33. The van der Waals surface area contributed by atoms with Gasteiger partial charge in [-0.1, -0.05) is 6.07 Å². The van der Waals surface area contributed by atoms with Gasteiger partial charge in [0.1, 0.15) is 6.54 Å². The van der Waals surface area contributed by atoms with E-state index in [4.69, 9.17) is 0 Å². The van der Waals surface area contributed by atoms with E-state index >= 15 is 0 Å². The average Bonchev–Trinajstić information content (AvgIpc) is 2.64. The number of carbonyl (C=O) groups is 1. The summed E-state index contributed by atoms with van der Waals surface area (Å²) < 4.78 is 1.08. The molecule has 1 aliphatic heterocycles. The van der Waals surface area contributed by atoms with Crippen molar-refractivity contribution in [3.05, 3.63) is 62.9 Å². The summed E-state index contributed by atoms with van der Waals surface area (Å²) in [6, 6.07) is 8.33. The molecule has 0 aromatic carbocycles. The molecule has 2 aromatic heterocycles. The highest BCUT2D eigenvalue weighted by molar-refractivity contribution is 5.76. The van der Waals surface area contributed by atoms with Crippen molar-refractivity contribution in [2.45, 2.75) is 44.7 Å². The Bertz CT molecular complexity index is 828. The smallest absolute Gasteiger partial charge is 0.265 e. The molecular formula is C18H22N4O3. The summed E-state index contributed by atoms with van der Waals surface area (Å²) in [6.07, 6.45) is 6.46. The van der Waals surface area contributed by atoms with Crippen molar-refractivity contribution in [3.63, 3.8) is 0 Å². The Balaban J connectivity index is 1.67. The first-order valence-electron chi connectivity index (χ1n) is 8.63. The summed E-state index contributed by atoms with van der Waals surface area (Å²) in [5, 5.41) is 2.41. The zero-order valence-electron chi connectivity index (χ0n) is 14.1. The van der Waals surface area contributed by atoms with E-state index in [-0.39, 0.29) is 24.1 Å². The highest BCUT2D eigenvalue weighted by Crippen LogP contribution is 2.21. The van der Waals surface area contributed by atoms with E-state index in [1.807, 2.05) is 23.1 Å². The van der Waals surface area contributed by atoms with Crippen LogP contribution in [0.1, 0.15) is 31.4 Å². The van der Waals surface area contributed by atoms with Crippen LogP contribution in [0.2, 0.25) is 0 Å². The van der Waals surface area contributed by atoms with Gasteiger partial charge in [-0.3, -0.25) is 24.5 Å². The molecule has 1 amide bonds. The Morgan fingerprint density at radius 1 is 1.20 bits per heavy atom. The molecule has 3 rings (SSSR count). The molecule has 1 atom stereocenters. The van der Waals surface area contributed by atoms with Crippen molar-refractivity contribution in [1.29, 1.82) is 0 Å². The van der Waals surface area contributed by atoms with E-state index in [2.05, 4.69) is 10.1 Å². The van der Waals surface area contributed by atoms with Gasteiger partial charge in [-0.25, -0.2) is 4.68 Å². The van der Waals surface area contributed by atoms with Crippen molar-refractivity contribution < 1.29 is 4.79 Å². The van der Waals surface area contributed by atoms with Gasteiger partial charge < -0.3 is 4.90 Å². The lowest BCUT2D eigenvalue weighted by Crippen LogP contribution is -2.47. The zero-order chi connectivity index (χ0) is 17.6. The van der Waals surface area contributed by atoms with Crippen LogP contribution in [0.3, 0.4) is 0 Å². The molecule has 0 spiro atoms. The number of hydrogen-bond acceptors (Lipinski definition) is 4. The lowest BCUT2D eigenvalue weighted by molar-refractivity contribution is -0.136. The van der Waals surface area contributed by atoms with Gasteiger partial charge in [0.2, 0.25) is 5.91 Å². The van der Waals surface area contributed by atoms with Crippen molar-refractivity contribution in [2.24, 2.45) is 0 Å². The predicted octanol–water partition coefficient (Wildman–Crippen LogP) is 0.945. The number of hydrogen-bond donors (Lipinski definition) is 1. The molecule has 132 valence electrons. The summed E-state index contributed by atoms with van der Waals surface area (Å²) >= 11 is 0. The van der Waals surface area contributed by atoms with E-state index in [0.29, 0.717) is 6.54 Å². The van der Waals surface area contributed by atoms with Crippen LogP contribution >= 0.6 is 0 Å². The Kier molecular flexibility index (Phi) is 5.42. The third-order valence-electron chi connectivity index (χ3n) is 4.59. The van der Waals surface area contributed by atoms with Crippen molar-refractivity contribution >= 4 is 5.91 Å². The quantitative estimate of drug-likeness (QED) is 0.876. The number of amides is 1. The molecule has 7 heteroatoms. The molecule has 2 aromatic rings. The molecule has 1 aliphatic rings. The number of piperidine rings is 1. The highest BCUT2D eigenvalue weighted by atomic mass is 16.2. The number of aromatic nitrogens is 3. The molecule has 1 N–H and O–H groups in total. The Morgan fingerprint density at radius 2 is 2.08 bits per heavy atom. The topological polar surface area (TPSA) is 88.1 Å². The summed E-state index contributed by atoms with van der Waals surface area (Å²) in [4.78, 5) is 42.0. The lowest BCUT2D eigenvalue weighted by Gasteiger charge is -2.36. The van der Waals surface area contributed by atoms with Crippen LogP contribution in [0.4, 0.5) is 0 Å². The molecule has 7 nitrogen and oxygen atoms in total. The maximum atomic E-state index is 12.7. The Labute approximate surface area is 145 Å². The maximum Gasteiger partial charge on any atom is 0.265 e. The van der Waals surface area contributed by atoms with Crippen molar-refractivity contribution in [1.82, 2.24) is 19.7 Å². The van der Waals surface area contributed by atoms with Gasteiger partial charge in [0.15, 0.2) is 0 Å². The minimum absolute atomic E-state index is 0.130. The van der Waals surface area contributed by atoms with Crippen LogP contribution < -0.4 is 11.1 Å². The average molecular weight is 342 g/mol. The van der Waals surface area contributed by atoms with Crippen LogP contribution in [-0.4, -0.2) is 38.2 Å². The largest absolute Gasteiger partial charge is 0.338 e. The normalized spacial score (nSPS) is 17.4. The number of nitrogens with one attached hydrogen (secondary N) is 1. The number of rotatable bonds is 5. The number of aromatic amines is 1. The van der Waals surface area contributed by atoms with Crippen LogP contribution in [0.15, 0.2) is 46.1 Å². The van der Waals surface area contributed by atoms with Gasteiger partial charge in [0, 0.05) is 36.6 Å². The molecule has 1 saturated heterocycles. The summed E-state index contributed by atoms with van der Waals surface area (Å²) in [5.41, 5.74) is 0.247. The fourth-order valence-corrected chi connectivity index (χ4v) is 3.30. The molecule has 0 aliphatic carbocycles. The first kappa shape index (κ1) is 17.1. The fourth-order valence-electron chi connectivity index (χ4n) is 3.30.